The van der Waals surface area contributed by atoms with Crippen LogP contribution in [0, 0.1) is 0 Å². The molecule has 0 radical (unpaired) electrons. The Hall–Kier alpha value is -2.14. The highest BCUT2D eigenvalue weighted by molar-refractivity contribution is 5.85. The van der Waals surface area contributed by atoms with E-state index in [2.05, 4.69) is 45.8 Å². The monoisotopic (exact) mass is 331 g/mol. The van der Waals surface area contributed by atoms with Crippen LogP contribution in [0.15, 0.2) is 36.7 Å². The van der Waals surface area contributed by atoms with Crippen molar-refractivity contribution in [2.75, 3.05) is 11.9 Å². The molecule has 3 rings (SSSR count). The van der Waals surface area contributed by atoms with Gasteiger partial charge in [0.15, 0.2) is 17.3 Å². The van der Waals surface area contributed by atoms with Gasteiger partial charge < -0.3 is 9.88 Å². The normalized spacial score (nSPS) is 10.5. The quantitative estimate of drug-likeness (QED) is 0.749. The molecule has 0 aliphatic carbocycles. The average Bonchev–Trinajstić information content (AvgIpc) is 2.96. The van der Waals surface area contributed by atoms with Crippen molar-refractivity contribution < 1.29 is 0 Å². The lowest BCUT2D eigenvalue weighted by Gasteiger charge is -2.13. The number of aryl methyl sites for hydroxylation is 1. The van der Waals surface area contributed by atoms with Crippen LogP contribution >= 0.6 is 12.4 Å². The lowest BCUT2D eigenvalue weighted by molar-refractivity contribution is 0.757. The fourth-order valence-electron chi connectivity index (χ4n) is 2.51. The van der Waals surface area contributed by atoms with Crippen molar-refractivity contribution in [3.63, 3.8) is 0 Å². The first kappa shape index (κ1) is 17.2. The second kappa shape index (κ2) is 7.92. The van der Waals surface area contributed by atoms with Gasteiger partial charge in [-0.3, -0.25) is 0 Å². The number of rotatable bonds is 6. The number of nitrogens with one attached hydrogen (secondary N) is 1. The number of nitrogens with zero attached hydrogens (tertiary/aromatic N) is 4. The van der Waals surface area contributed by atoms with E-state index in [9.17, 15) is 0 Å². The molecule has 0 saturated heterocycles. The number of fused-ring (bicyclic) bond motifs is 1. The minimum Gasteiger partial charge on any atom is -0.368 e. The van der Waals surface area contributed by atoms with Crippen molar-refractivity contribution in [3.05, 3.63) is 48.0 Å². The molecule has 1 aromatic rings. The molecule has 1 aromatic carbocycles. The summed E-state index contributed by atoms with van der Waals surface area (Å²) in [6, 6.07) is 10.3. The van der Waals surface area contributed by atoms with Gasteiger partial charge in [-0.15, -0.1) is 12.4 Å². The summed E-state index contributed by atoms with van der Waals surface area (Å²) in [5.74, 6) is 2.61. The summed E-state index contributed by atoms with van der Waals surface area (Å²) in [4.78, 5) is 13.9. The molecular formula is C17H22ClN5. The zero-order valence-electron chi connectivity index (χ0n) is 13.5. The van der Waals surface area contributed by atoms with E-state index in [1.165, 1.54) is 5.56 Å². The third kappa shape index (κ3) is 3.79. The minimum atomic E-state index is 0. The molecule has 0 saturated carbocycles. The molecule has 2 heterocycles. The Morgan fingerprint density at radius 2 is 1.87 bits per heavy atom. The molecule has 0 amide bonds. The van der Waals surface area contributed by atoms with Gasteiger partial charge in [-0.1, -0.05) is 37.3 Å². The van der Waals surface area contributed by atoms with Gasteiger partial charge in [0.1, 0.15) is 5.82 Å². The molecule has 5 nitrogen and oxygen atoms in total. The Bertz CT molecular complexity index is 711. The molecule has 0 fully saturated rings. The van der Waals surface area contributed by atoms with E-state index in [0.29, 0.717) is 0 Å². The lowest BCUT2D eigenvalue weighted by atomic mass is 10.2. The molecule has 122 valence electrons. The lowest BCUT2D eigenvalue weighted by Crippen LogP contribution is -2.10. The highest BCUT2D eigenvalue weighted by atomic mass is 35.5. The Balaban J connectivity index is 0.00000192. The Morgan fingerprint density at radius 3 is 2.57 bits per heavy atom. The van der Waals surface area contributed by atoms with Gasteiger partial charge in [-0.05, 0) is 18.9 Å². The molecule has 0 aromatic heterocycles. The summed E-state index contributed by atoms with van der Waals surface area (Å²) in [5, 5.41) is 3.27. The topological polar surface area (TPSA) is 55.6 Å². The van der Waals surface area contributed by atoms with Crippen LogP contribution in [0.25, 0.3) is 11.5 Å². The number of anilines is 1. The third-order valence-electron chi connectivity index (χ3n) is 3.52. The number of hydrogen-bond acceptors (Lipinski definition) is 4. The predicted molar refractivity (Wildman–Crippen MR) is 95.4 cm³/mol. The summed E-state index contributed by atoms with van der Waals surface area (Å²) in [5.41, 5.74) is 2.09. The van der Waals surface area contributed by atoms with E-state index in [4.69, 9.17) is 4.98 Å². The van der Waals surface area contributed by atoms with Crippen LogP contribution in [0.3, 0.4) is 0 Å². The maximum Gasteiger partial charge on any atom is 0.166 e. The van der Waals surface area contributed by atoms with Gasteiger partial charge >= 0.3 is 0 Å². The van der Waals surface area contributed by atoms with Gasteiger partial charge in [0.2, 0.25) is 0 Å². The second-order valence-corrected chi connectivity index (χ2v) is 5.30. The maximum atomic E-state index is 4.71. The predicted octanol–water partition coefficient (Wildman–Crippen LogP) is 3.63. The number of imidazole rings is 1. The largest absolute Gasteiger partial charge is 0.368 e. The SMILES string of the molecule is CCCc1nc2c(NCC)ncn(Cc3ccccc3)c-2n1.Cl. The summed E-state index contributed by atoms with van der Waals surface area (Å²) in [7, 11) is 0. The number of aromatic nitrogens is 4. The van der Waals surface area contributed by atoms with E-state index in [-0.39, 0.29) is 12.4 Å². The van der Waals surface area contributed by atoms with Gasteiger partial charge in [0.25, 0.3) is 0 Å². The summed E-state index contributed by atoms with van der Waals surface area (Å²) in [6.07, 6.45) is 3.78. The number of halogens is 1. The van der Waals surface area contributed by atoms with Crippen molar-refractivity contribution in [1.82, 2.24) is 19.5 Å². The zero-order valence-corrected chi connectivity index (χ0v) is 14.3. The van der Waals surface area contributed by atoms with Crippen molar-refractivity contribution in [2.24, 2.45) is 0 Å². The van der Waals surface area contributed by atoms with Crippen molar-refractivity contribution in [2.45, 2.75) is 33.2 Å². The van der Waals surface area contributed by atoms with Gasteiger partial charge in [0.05, 0.1) is 12.9 Å². The van der Waals surface area contributed by atoms with Crippen LogP contribution in [0.1, 0.15) is 31.7 Å². The highest BCUT2D eigenvalue weighted by Crippen LogP contribution is 2.26. The van der Waals surface area contributed by atoms with Crippen LogP contribution in [0.2, 0.25) is 0 Å². The fourth-order valence-corrected chi connectivity index (χ4v) is 2.51. The first-order valence-corrected chi connectivity index (χ1v) is 7.81. The van der Waals surface area contributed by atoms with Crippen molar-refractivity contribution in [1.29, 1.82) is 0 Å². The fraction of sp³-hybridized carbons (Fsp3) is 0.353. The standard InChI is InChI=1S/C17H21N5.ClH/c1-3-8-14-20-15-16(18-4-2)19-12-22(17(15)21-14)11-13-9-6-5-7-10-13;/h5-7,9-10,12,18H,3-4,8,11H2,1-2H3;1H. The van der Waals surface area contributed by atoms with Crippen molar-refractivity contribution >= 4 is 18.2 Å². The van der Waals surface area contributed by atoms with Crippen LogP contribution in [0.4, 0.5) is 5.82 Å². The molecule has 0 spiro atoms. The molecular weight excluding hydrogens is 310 g/mol. The van der Waals surface area contributed by atoms with E-state index < -0.39 is 0 Å². The molecule has 2 aliphatic heterocycles. The van der Waals surface area contributed by atoms with Crippen LogP contribution < -0.4 is 5.32 Å². The third-order valence-corrected chi connectivity index (χ3v) is 3.52. The van der Waals surface area contributed by atoms with Gasteiger partial charge in [-0.2, -0.15) is 0 Å². The maximum absolute atomic E-state index is 4.71. The first-order chi connectivity index (χ1) is 10.8. The molecule has 0 bridgehead atoms. The molecule has 23 heavy (non-hydrogen) atoms. The van der Waals surface area contributed by atoms with Gasteiger partial charge in [0, 0.05) is 13.0 Å². The molecule has 2 aliphatic rings. The van der Waals surface area contributed by atoms with E-state index in [1.807, 2.05) is 24.5 Å². The van der Waals surface area contributed by atoms with E-state index in [1.54, 1.807) is 0 Å². The van der Waals surface area contributed by atoms with E-state index >= 15 is 0 Å². The van der Waals surface area contributed by atoms with Crippen molar-refractivity contribution in [3.8, 4) is 11.5 Å². The summed E-state index contributed by atoms with van der Waals surface area (Å²) < 4.78 is 2.07. The first-order valence-electron chi connectivity index (χ1n) is 7.81. The number of benzene rings is 1. The Kier molecular flexibility index (Phi) is 5.93. The summed E-state index contributed by atoms with van der Waals surface area (Å²) >= 11 is 0. The Morgan fingerprint density at radius 1 is 1.09 bits per heavy atom. The second-order valence-electron chi connectivity index (χ2n) is 5.30. The van der Waals surface area contributed by atoms with E-state index in [0.717, 1.165) is 49.1 Å². The molecule has 1 N–H and O–H groups in total. The number of hydrogen-bond donors (Lipinski definition) is 1. The van der Waals surface area contributed by atoms with Crippen LogP contribution in [0.5, 0.6) is 0 Å². The molecule has 0 atom stereocenters. The van der Waals surface area contributed by atoms with Crippen LogP contribution in [-0.2, 0) is 13.0 Å². The van der Waals surface area contributed by atoms with Gasteiger partial charge in [-0.25, -0.2) is 15.0 Å². The molecule has 0 unspecified atom stereocenters. The highest BCUT2D eigenvalue weighted by Gasteiger charge is 2.19. The van der Waals surface area contributed by atoms with Crippen LogP contribution in [-0.4, -0.2) is 26.1 Å². The average molecular weight is 332 g/mol. The Labute approximate surface area is 142 Å². The molecule has 6 heteroatoms. The smallest absolute Gasteiger partial charge is 0.166 e. The minimum absolute atomic E-state index is 0. The summed E-state index contributed by atoms with van der Waals surface area (Å²) in [6.45, 7) is 5.77. The zero-order chi connectivity index (χ0) is 15.4.